The molecule has 3 heterocycles. The van der Waals surface area contributed by atoms with Crippen molar-refractivity contribution in [1.29, 1.82) is 0 Å². The normalized spacial score (nSPS) is 16.0. The lowest BCUT2D eigenvalue weighted by Gasteiger charge is -2.31. The Morgan fingerprint density at radius 3 is 2.84 bits per heavy atom. The molecule has 1 unspecified atom stereocenters. The van der Waals surface area contributed by atoms with Crippen LogP contribution in [0.1, 0.15) is 28.9 Å². The van der Waals surface area contributed by atoms with E-state index in [4.69, 9.17) is 4.74 Å². The van der Waals surface area contributed by atoms with Gasteiger partial charge in [-0.25, -0.2) is 0 Å². The molecular formula is C23H25N5O3. The van der Waals surface area contributed by atoms with Gasteiger partial charge < -0.3 is 15.0 Å². The molecule has 4 rings (SSSR count). The van der Waals surface area contributed by atoms with Gasteiger partial charge in [0.15, 0.2) is 0 Å². The van der Waals surface area contributed by atoms with Crippen LogP contribution >= 0.6 is 0 Å². The van der Waals surface area contributed by atoms with Crippen LogP contribution in [0.5, 0.6) is 5.75 Å². The Morgan fingerprint density at radius 1 is 1.19 bits per heavy atom. The molecule has 1 aromatic carbocycles. The van der Waals surface area contributed by atoms with Crippen LogP contribution in [-0.2, 0) is 11.3 Å². The molecule has 3 aromatic rings. The third kappa shape index (κ3) is 4.74. The Bertz CT molecular complexity index is 1050. The second kappa shape index (κ2) is 9.42. The maximum atomic E-state index is 13.0. The molecule has 0 aliphatic carbocycles. The molecule has 1 fully saturated rings. The monoisotopic (exact) mass is 419 g/mol. The fourth-order valence-corrected chi connectivity index (χ4v) is 3.80. The number of piperidine rings is 1. The van der Waals surface area contributed by atoms with E-state index < -0.39 is 0 Å². The SMILES string of the molecule is COc1ccccc1CNC(=O)C1CCCN(C(=O)c2cc(-c3ccccn3)n[nH]2)C1. The third-order valence-corrected chi connectivity index (χ3v) is 5.46. The van der Waals surface area contributed by atoms with Crippen LogP contribution in [0, 0.1) is 5.92 Å². The van der Waals surface area contributed by atoms with Gasteiger partial charge in [-0.15, -0.1) is 0 Å². The molecule has 1 aliphatic heterocycles. The molecule has 2 aromatic heterocycles. The van der Waals surface area contributed by atoms with E-state index in [1.54, 1.807) is 24.3 Å². The van der Waals surface area contributed by atoms with Gasteiger partial charge in [-0.2, -0.15) is 5.10 Å². The zero-order chi connectivity index (χ0) is 21.6. The first-order chi connectivity index (χ1) is 15.2. The number of hydrogen-bond acceptors (Lipinski definition) is 5. The Balaban J connectivity index is 1.37. The summed E-state index contributed by atoms with van der Waals surface area (Å²) < 4.78 is 5.34. The number of nitrogens with one attached hydrogen (secondary N) is 2. The molecule has 1 aliphatic rings. The van der Waals surface area contributed by atoms with Crippen molar-refractivity contribution < 1.29 is 14.3 Å². The highest BCUT2D eigenvalue weighted by Gasteiger charge is 2.29. The molecular weight excluding hydrogens is 394 g/mol. The van der Waals surface area contributed by atoms with Crippen molar-refractivity contribution in [3.05, 3.63) is 66.0 Å². The fraction of sp³-hybridized carbons (Fsp3) is 0.304. The van der Waals surface area contributed by atoms with Crippen LogP contribution in [0.3, 0.4) is 0 Å². The second-order valence-electron chi connectivity index (χ2n) is 7.50. The highest BCUT2D eigenvalue weighted by Crippen LogP contribution is 2.21. The molecule has 2 amide bonds. The summed E-state index contributed by atoms with van der Waals surface area (Å²) in [5, 5.41) is 10.0. The summed E-state index contributed by atoms with van der Waals surface area (Å²) in [6, 6.07) is 14.8. The van der Waals surface area contributed by atoms with E-state index in [1.165, 1.54) is 0 Å². The zero-order valence-electron chi connectivity index (χ0n) is 17.4. The minimum atomic E-state index is -0.245. The van der Waals surface area contributed by atoms with Gasteiger partial charge in [0.25, 0.3) is 5.91 Å². The van der Waals surface area contributed by atoms with Gasteiger partial charge in [-0.05, 0) is 37.1 Å². The highest BCUT2D eigenvalue weighted by atomic mass is 16.5. The van der Waals surface area contributed by atoms with Gasteiger partial charge in [-0.3, -0.25) is 19.7 Å². The fourth-order valence-electron chi connectivity index (χ4n) is 3.80. The van der Waals surface area contributed by atoms with Gasteiger partial charge in [0, 0.05) is 31.4 Å². The Labute approximate surface area is 180 Å². The number of pyridine rings is 1. The van der Waals surface area contributed by atoms with E-state index in [0.29, 0.717) is 36.7 Å². The summed E-state index contributed by atoms with van der Waals surface area (Å²) in [6.07, 6.45) is 3.22. The lowest BCUT2D eigenvalue weighted by molar-refractivity contribution is -0.126. The molecule has 0 spiro atoms. The maximum Gasteiger partial charge on any atom is 0.271 e. The Morgan fingerprint density at radius 2 is 2.03 bits per heavy atom. The topological polar surface area (TPSA) is 100 Å². The van der Waals surface area contributed by atoms with Crippen molar-refractivity contribution in [3.8, 4) is 17.1 Å². The van der Waals surface area contributed by atoms with Gasteiger partial charge >= 0.3 is 0 Å². The number of methoxy groups -OCH3 is 1. The van der Waals surface area contributed by atoms with Gasteiger partial charge in [0.1, 0.15) is 17.1 Å². The molecule has 1 saturated heterocycles. The van der Waals surface area contributed by atoms with E-state index in [9.17, 15) is 9.59 Å². The molecule has 2 N–H and O–H groups in total. The summed E-state index contributed by atoms with van der Waals surface area (Å²) in [5.41, 5.74) is 2.63. The number of carbonyl (C=O) groups excluding carboxylic acids is 2. The summed E-state index contributed by atoms with van der Waals surface area (Å²) >= 11 is 0. The van der Waals surface area contributed by atoms with Crippen LogP contribution in [0.2, 0.25) is 0 Å². The van der Waals surface area contributed by atoms with Crippen molar-refractivity contribution in [2.75, 3.05) is 20.2 Å². The second-order valence-corrected chi connectivity index (χ2v) is 7.50. The number of benzene rings is 1. The average molecular weight is 419 g/mol. The van der Waals surface area contributed by atoms with Crippen LogP contribution < -0.4 is 10.1 Å². The maximum absolute atomic E-state index is 13.0. The van der Waals surface area contributed by atoms with Crippen molar-refractivity contribution in [2.24, 2.45) is 5.92 Å². The summed E-state index contributed by atoms with van der Waals surface area (Å²) in [4.78, 5) is 31.7. The largest absolute Gasteiger partial charge is 0.496 e. The predicted molar refractivity (Wildman–Crippen MR) is 115 cm³/mol. The zero-order valence-corrected chi connectivity index (χ0v) is 17.4. The minimum absolute atomic E-state index is 0.0535. The van der Waals surface area contributed by atoms with Crippen molar-refractivity contribution >= 4 is 11.8 Å². The summed E-state index contributed by atoms with van der Waals surface area (Å²) in [6.45, 7) is 1.39. The quantitative estimate of drug-likeness (QED) is 0.640. The molecule has 8 heteroatoms. The first kappa shape index (κ1) is 20.6. The number of nitrogens with zero attached hydrogens (tertiary/aromatic N) is 3. The highest BCUT2D eigenvalue weighted by molar-refractivity contribution is 5.93. The standard InChI is InChI=1S/C23H25N5O3/c1-31-21-10-3-2-7-16(21)14-25-22(29)17-8-6-12-28(15-17)23(30)20-13-19(26-27-20)18-9-4-5-11-24-18/h2-5,7,9-11,13,17H,6,8,12,14-15H2,1H3,(H,25,29)(H,26,27). The van der Waals surface area contributed by atoms with Crippen LogP contribution in [-0.4, -0.2) is 52.1 Å². The molecule has 1 atom stereocenters. The van der Waals surface area contributed by atoms with Crippen molar-refractivity contribution in [3.63, 3.8) is 0 Å². The van der Waals surface area contributed by atoms with E-state index in [1.807, 2.05) is 42.5 Å². The Hall–Kier alpha value is -3.68. The van der Waals surface area contributed by atoms with Crippen LogP contribution in [0.4, 0.5) is 0 Å². The number of carbonyl (C=O) groups is 2. The van der Waals surface area contributed by atoms with Gasteiger partial charge in [-0.1, -0.05) is 24.3 Å². The lowest BCUT2D eigenvalue weighted by atomic mass is 9.96. The van der Waals surface area contributed by atoms with Gasteiger partial charge in [0.05, 0.1) is 18.7 Å². The average Bonchev–Trinajstić information content (AvgIpc) is 3.33. The minimum Gasteiger partial charge on any atom is -0.496 e. The first-order valence-electron chi connectivity index (χ1n) is 10.3. The third-order valence-electron chi connectivity index (χ3n) is 5.46. The number of aromatic nitrogens is 3. The van der Waals surface area contributed by atoms with E-state index in [2.05, 4.69) is 20.5 Å². The Kier molecular flexibility index (Phi) is 6.26. The predicted octanol–water partition coefficient (Wildman–Crippen LogP) is 2.65. The summed E-state index contributed by atoms with van der Waals surface area (Å²) in [5.74, 6) is 0.288. The molecule has 0 bridgehead atoms. The number of rotatable bonds is 6. The first-order valence-corrected chi connectivity index (χ1v) is 10.3. The van der Waals surface area contributed by atoms with Crippen molar-refractivity contribution in [1.82, 2.24) is 25.4 Å². The number of amides is 2. The number of H-pyrrole nitrogens is 1. The smallest absolute Gasteiger partial charge is 0.271 e. The van der Waals surface area contributed by atoms with Gasteiger partial charge in [0.2, 0.25) is 5.91 Å². The molecule has 160 valence electrons. The number of para-hydroxylation sites is 1. The van der Waals surface area contributed by atoms with Crippen LogP contribution in [0.15, 0.2) is 54.7 Å². The molecule has 31 heavy (non-hydrogen) atoms. The molecule has 8 nitrogen and oxygen atoms in total. The lowest BCUT2D eigenvalue weighted by Crippen LogP contribution is -2.45. The van der Waals surface area contributed by atoms with Crippen LogP contribution in [0.25, 0.3) is 11.4 Å². The van der Waals surface area contributed by atoms with E-state index in [0.717, 1.165) is 24.2 Å². The number of likely N-dealkylation sites (tertiary alicyclic amines) is 1. The number of aromatic amines is 1. The van der Waals surface area contributed by atoms with Crippen molar-refractivity contribution in [2.45, 2.75) is 19.4 Å². The number of hydrogen-bond donors (Lipinski definition) is 2. The number of ether oxygens (including phenoxy) is 1. The van der Waals surface area contributed by atoms with E-state index >= 15 is 0 Å². The summed E-state index contributed by atoms with van der Waals surface area (Å²) in [7, 11) is 1.61. The molecule has 0 saturated carbocycles. The molecule has 0 radical (unpaired) electrons. The van der Waals surface area contributed by atoms with E-state index in [-0.39, 0.29) is 17.7 Å².